The minimum absolute atomic E-state index is 0.0821. The van der Waals surface area contributed by atoms with E-state index in [9.17, 15) is 9.59 Å². The summed E-state index contributed by atoms with van der Waals surface area (Å²) in [4.78, 5) is 26.5. The molecule has 2 heterocycles. The molecule has 1 unspecified atom stereocenters. The van der Waals surface area contributed by atoms with Crippen molar-refractivity contribution in [3.05, 3.63) is 78.1 Å². The Morgan fingerprint density at radius 3 is 2.77 bits per heavy atom. The van der Waals surface area contributed by atoms with E-state index in [1.165, 1.54) is 0 Å². The van der Waals surface area contributed by atoms with Gasteiger partial charge in [0.05, 0.1) is 6.54 Å². The van der Waals surface area contributed by atoms with Crippen molar-refractivity contribution < 1.29 is 9.59 Å². The first kappa shape index (κ1) is 19.7. The van der Waals surface area contributed by atoms with Gasteiger partial charge in [-0.3, -0.25) is 14.3 Å². The Labute approximate surface area is 175 Å². The molecule has 30 heavy (non-hydrogen) atoms. The number of hydrogen-bond acceptors (Lipinski definition) is 4. The zero-order valence-corrected chi connectivity index (χ0v) is 16.7. The van der Waals surface area contributed by atoms with E-state index in [4.69, 9.17) is 5.73 Å². The van der Waals surface area contributed by atoms with Crippen LogP contribution >= 0.6 is 0 Å². The summed E-state index contributed by atoms with van der Waals surface area (Å²) in [6, 6.07) is 19.0. The molecule has 0 spiro atoms. The number of anilines is 2. The molecule has 1 aliphatic rings. The second kappa shape index (κ2) is 8.82. The lowest BCUT2D eigenvalue weighted by atomic mass is 10.0. The Kier molecular flexibility index (Phi) is 5.79. The summed E-state index contributed by atoms with van der Waals surface area (Å²) >= 11 is 0. The summed E-state index contributed by atoms with van der Waals surface area (Å²) in [5.74, 6) is -0.491. The van der Waals surface area contributed by atoms with Gasteiger partial charge in [-0.15, -0.1) is 0 Å². The molecule has 0 fully saturated rings. The summed E-state index contributed by atoms with van der Waals surface area (Å²) in [6.45, 7) is 0.631. The van der Waals surface area contributed by atoms with Crippen LogP contribution in [0.4, 0.5) is 11.4 Å². The highest BCUT2D eigenvalue weighted by Crippen LogP contribution is 2.26. The molecule has 0 aliphatic carbocycles. The van der Waals surface area contributed by atoms with Crippen molar-refractivity contribution in [2.24, 2.45) is 5.73 Å². The predicted molar refractivity (Wildman–Crippen MR) is 116 cm³/mol. The smallest absolute Gasteiger partial charge is 0.249 e. The number of carbonyl (C=O) groups is 2. The van der Waals surface area contributed by atoms with Crippen LogP contribution in [0.15, 0.2) is 66.9 Å². The number of benzene rings is 2. The highest BCUT2D eigenvalue weighted by Gasteiger charge is 2.26. The maximum atomic E-state index is 12.9. The highest BCUT2D eigenvalue weighted by atomic mass is 16.2. The largest absolute Gasteiger partial charge is 0.368 e. The number of primary amides is 1. The second-order valence-electron chi connectivity index (χ2n) is 7.52. The van der Waals surface area contributed by atoms with Gasteiger partial charge in [0.1, 0.15) is 6.04 Å². The number of hydrogen-bond donors (Lipinski definition) is 2. The van der Waals surface area contributed by atoms with Gasteiger partial charge in [-0.05, 0) is 49.1 Å². The first-order valence-corrected chi connectivity index (χ1v) is 10.1. The Morgan fingerprint density at radius 1 is 1.13 bits per heavy atom. The summed E-state index contributed by atoms with van der Waals surface area (Å²) in [7, 11) is 0. The first-order chi connectivity index (χ1) is 14.6. The van der Waals surface area contributed by atoms with E-state index in [2.05, 4.69) is 10.4 Å². The molecular weight excluding hydrogens is 378 g/mol. The summed E-state index contributed by atoms with van der Waals surface area (Å²) in [5, 5.41) is 7.33. The van der Waals surface area contributed by atoms with Crippen LogP contribution in [-0.2, 0) is 22.6 Å². The van der Waals surface area contributed by atoms with Crippen molar-refractivity contribution in [2.75, 3.05) is 16.8 Å². The third-order valence-electron chi connectivity index (χ3n) is 5.30. The maximum Gasteiger partial charge on any atom is 0.249 e. The van der Waals surface area contributed by atoms with E-state index in [0.717, 1.165) is 36.2 Å². The normalized spacial score (nSPS) is 15.3. The maximum absolute atomic E-state index is 12.9. The molecule has 7 nitrogen and oxygen atoms in total. The minimum Gasteiger partial charge on any atom is -0.368 e. The molecule has 1 atom stereocenters. The van der Waals surface area contributed by atoms with E-state index in [0.29, 0.717) is 12.2 Å². The number of nitrogens with zero attached hydrogens (tertiary/aromatic N) is 3. The number of nitrogens with two attached hydrogens (primary N) is 1. The van der Waals surface area contributed by atoms with Gasteiger partial charge in [-0.25, -0.2) is 0 Å². The first-order valence-electron chi connectivity index (χ1n) is 10.1. The quantitative estimate of drug-likeness (QED) is 0.634. The van der Waals surface area contributed by atoms with Crippen LogP contribution in [0, 0.1) is 0 Å². The lowest BCUT2D eigenvalue weighted by molar-refractivity contribution is -0.120. The molecule has 7 heteroatoms. The molecule has 0 bridgehead atoms. The second-order valence-corrected chi connectivity index (χ2v) is 7.52. The number of amides is 2. The third kappa shape index (κ3) is 4.51. The average Bonchev–Trinajstić information content (AvgIpc) is 3.23. The van der Waals surface area contributed by atoms with Crippen molar-refractivity contribution in [2.45, 2.75) is 31.8 Å². The van der Waals surface area contributed by atoms with Gasteiger partial charge in [0, 0.05) is 29.8 Å². The molecule has 0 saturated heterocycles. The Morgan fingerprint density at radius 2 is 1.97 bits per heavy atom. The Bertz CT molecular complexity index is 1030. The molecule has 2 aromatic carbocycles. The lowest BCUT2D eigenvalue weighted by Crippen LogP contribution is -2.33. The van der Waals surface area contributed by atoms with Crippen LogP contribution in [0.2, 0.25) is 0 Å². The van der Waals surface area contributed by atoms with Crippen molar-refractivity contribution in [1.29, 1.82) is 0 Å². The number of aromatic nitrogens is 2. The average molecular weight is 403 g/mol. The zero-order valence-electron chi connectivity index (χ0n) is 16.7. The molecule has 0 radical (unpaired) electrons. The van der Waals surface area contributed by atoms with E-state index in [-0.39, 0.29) is 18.5 Å². The number of nitrogens with one attached hydrogen (secondary N) is 1. The topological polar surface area (TPSA) is 93.2 Å². The number of aryl methyl sites for hydroxylation is 1. The Balaban J connectivity index is 1.52. The molecule has 1 aliphatic heterocycles. The van der Waals surface area contributed by atoms with E-state index >= 15 is 0 Å². The molecule has 0 saturated carbocycles. The van der Waals surface area contributed by atoms with E-state index < -0.39 is 5.91 Å². The highest BCUT2D eigenvalue weighted by molar-refractivity contribution is 5.94. The van der Waals surface area contributed by atoms with Crippen molar-refractivity contribution >= 4 is 23.2 Å². The van der Waals surface area contributed by atoms with Crippen LogP contribution in [0.25, 0.3) is 0 Å². The molecular formula is C23H25N5O2. The number of carbonyl (C=O) groups excluding carboxylic acids is 2. The monoisotopic (exact) mass is 403 g/mol. The molecule has 4 rings (SSSR count). The van der Waals surface area contributed by atoms with E-state index in [1.807, 2.05) is 70.2 Å². The molecule has 154 valence electrons. The SMILES string of the molecule is NC(=O)CN(Cc1ccccc1)c1cccc(NC(=O)C2CCCc3ccnn32)c1. The van der Waals surface area contributed by atoms with Crippen LogP contribution in [0.3, 0.4) is 0 Å². The molecule has 1 aromatic heterocycles. The van der Waals surface area contributed by atoms with Crippen molar-refractivity contribution in [3.8, 4) is 0 Å². The lowest BCUT2D eigenvalue weighted by Gasteiger charge is -2.25. The fourth-order valence-corrected chi connectivity index (χ4v) is 3.90. The minimum atomic E-state index is -0.409. The fraction of sp³-hybridized carbons (Fsp3) is 0.261. The molecule has 3 aromatic rings. The summed E-state index contributed by atoms with van der Waals surface area (Å²) in [5.41, 5.74) is 9.13. The van der Waals surface area contributed by atoms with Gasteiger partial charge in [0.2, 0.25) is 11.8 Å². The van der Waals surface area contributed by atoms with Crippen LogP contribution in [-0.4, -0.2) is 28.1 Å². The van der Waals surface area contributed by atoms with Gasteiger partial charge < -0.3 is 16.0 Å². The van der Waals surface area contributed by atoms with E-state index in [1.54, 1.807) is 6.20 Å². The summed E-state index contributed by atoms with van der Waals surface area (Å²) < 4.78 is 1.82. The van der Waals surface area contributed by atoms with Crippen LogP contribution in [0.1, 0.15) is 30.1 Å². The van der Waals surface area contributed by atoms with Gasteiger partial charge in [0.15, 0.2) is 0 Å². The zero-order chi connectivity index (χ0) is 20.9. The standard InChI is InChI=1S/C23H25N5O2/c24-22(29)16-27(15-17-6-2-1-3-7-17)20-10-4-8-18(14-20)26-23(30)21-11-5-9-19-12-13-25-28(19)21/h1-4,6-8,10,12-14,21H,5,9,11,15-16H2,(H2,24,29)(H,26,30). The molecule has 3 N–H and O–H groups in total. The predicted octanol–water partition coefficient (Wildman–Crippen LogP) is 2.89. The third-order valence-corrected chi connectivity index (χ3v) is 5.30. The van der Waals surface area contributed by atoms with Crippen LogP contribution < -0.4 is 16.0 Å². The van der Waals surface area contributed by atoms with Gasteiger partial charge in [-0.2, -0.15) is 5.10 Å². The number of rotatable bonds is 7. The van der Waals surface area contributed by atoms with Crippen molar-refractivity contribution in [3.63, 3.8) is 0 Å². The van der Waals surface area contributed by atoms with Gasteiger partial charge in [-0.1, -0.05) is 36.4 Å². The molecule has 2 amide bonds. The van der Waals surface area contributed by atoms with Crippen LogP contribution in [0.5, 0.6) is 0 Å². The number of fused-ring (bicyclic) bond motifs is 1. The summed E-state index contributed by atoms with van der Waals surface area (Å²) in [6.07, 6.45) is 4.42. The van der Waals surface area contributed by atoms with Gasteiger partial charge in [0.25, 0.3) is 0 Å². The fourth-order valence-electron chi connectivity index (χ4n) is 3.90. The van der Waals surface area contributed by atoms with Gasteiger partial charge >= 0.3 is 0 Å². The van der Waals surface area contributed by atoms with Crippen molar-refractivity contribution in [1.82, 2.24) is 9.78 Å². The Hall–Kier alpha value is -3.61.